The highest BCUT2D eigenvalue weighted by atomic mass is 16.5. The molecule has 0 N–H and O–H groups in total. The van der Waals surface area contributed by atoms with Crippen LogP contribution in [-0.4, -0.2) is 39.5 Å². The Balaban J connectivity index is 1.88. The number of allylic oxidation sites excluding steroid dienone is 2. The van der Waals surface area contributed by atoms with Crippen LogP contribution in [0.25, 0.3) is 0 Å². The highest BCUT2D eigenvalue weighted by molar-refractivity contribution is 6.21. The van der Waals surface area contributed by atoms with Gasteiger partial charge < -0.3 is 18.9 Å². The number of carbonyl (C=O) groups excluding carboxylic acids is 2. The summed E-state index contributed by atoms with van der Waals surface area (Å²) in [4.78, 5) is 24.8. The van der Waals surface area contributed by atoms with Crippen molar-refractivity contribution in [1.29, 1.82) is 0 Å². The number of benzene rings is 1. The van der Waals surface area contributed by atoms with Crippen LogP contribution in [0.4, 0.5) is 0 Å². The van der Waals surface area contributed by atoms with Gasteiger partial charge in [-0.1, -0.05) is 6.07 Å². The van der Waals surface area contributed by atoms with Crippen molar-refractivity contribution in [2.45, 2.75) is 6.42 Å². The van der Waals surface area contributed by atoms with Gasteiger partial charge in [0.05, 0.1) is 27.9 Å². The Bertz CT molecular complexity index is 759. The van der Waals surface area contributed by atoms with E-state index >= 15 is 0 Å². The van der Waals surface area contributed by atoms with Crippen molar-refractivity contribution >= 4 is 11.6 Å². The van der Waals surface area contributed by atoms with E-state index in [-0.39, 0.29) is 29.0 Å². The highest BCUT2D eigenvalue weighted by Gasteiger charge is 2.36. The van der Waals surface area contributed by atoms with E-state index in [4.69, 9.17) is 18.9 Å². The number of methoxy groups -OCH3 is 3. The second-order valence-corrected chi connectivity index (χ2v) is 5.55. The Kier molecular flexibility index (Phi) is 4.29. The fourth-order valence-corrected chi connectivity index (χ4v) is 2.98. The second-order valence-electron chi connectivity index (χ2n) is 5.55. The van der Waals surface area contributed by atoms with Crippen molar-refractivity contribution in [3.05, 3.63) is 46.9 Å². The molecule has 0 radical (unpaired) electrons. The Morgan fingerprint density at radius 2 is 1.79 bits per heavy atom. The highest BCUT2D eigenvalue weighted by Crippen LogP contribution is 2.35. The summed E-state index contributed by atoms with van der Waals surface area (Å²) in [5.74, 6) is 0.411. The predicted molar refractivity (Wildman–Crippen MR) is 84.8 cm³/mol. The SMILES string of the molecule is COC1=C(OC)C(=O)C([C@@H]2COc3cc(OC)ccc3C2)=CC1=O. The van der Waals surface area contributed by atoms with Crippen LogP contribution in [0.1, 0.15) is 5.56 Å². The summed E-state index contributed by atoms with van der Waals surface area (Å²) in [5, 5.41) is 0. The van der Waals surface area contributed by atoms with Gasteiger partial charge in [-0.3, -0.25) is 9.59 Å². The van der Waals surface area contributed by atoms with E-state index in [9.17, 15) is 9.59 Å². The molecule has 0 amide bonds. The van der Waals surface area contributed by atoms with Crippen molar-refractivity contribution in [3.8, 4) is 11.5 Å². The van der Waals surface area contributed by atoms with Gasteiger partial charge >= 0.3 is 0 Å². The van der Waals surface area contributed by atoms with Gasteiger partial charge in [-0.2, -0.15) is 0 Å². The molecule has 1 atom stereocenters. The van der Waals surface area contributed by atoms with E-state index in [1.165, 1.54) is 20.3 Å². The monoisotopic (exact) mass is 330 g/mol. The van der Waals surface area contributed by atoms with Crippen LogP contribution >= 0.6 is 0 Å². The van der Waals surface area contributed by atoms with Crippen molar-refractivity contribution in [2.75, 3.05) is 27.9 Å². The molecule has 0 aromatic heterocycles. The third-order valence-corrected chi connectivity index (χ3v) is 4.21. The minimum absolute atomic E-state index is 0.0551. The van der Waals surface area contributed by atoms with Crippen molar-refractivity contribution in [2.24, 2.45) is 5.92 Å². The van der Waals surface area contributed by atoms with Crippen LogP contribution in [-0.2, 0) is 25.5 Å². The second kappa shape index (κ2) is 6.39. The molecule has 0 bridgehead atoms. The molecule has 1 aliphatic carbocycles. The van der Waals surface area contributed by atoms with Crippen LogP contribution in [0.5, 0.6) is 11.5 Å². The largest absolute Gasteiger partial charge is 0.497 e. The number of ketones is 2. The lowest BCUT2D eigenvalue weighted by atomic mass is 9.84. The minimum Gasteiger partial charge on any atom is -0.497 e. The first-order chi connectivity index (χ1) is 11.6. The van der Waals surface area contributed by atoms with Crippen molar-refractivity contribution in [1.82, 2.24) is 0 Å². The third-order valence-electron chi connectivity index (χ3n) is 4.21. The lowest BCUT2D eigenvalue weighted by molar-refractivity contribution is -0.121. The summed E-state index contributed by atoms with van der Waals surface area (Å²) in [7, 11) is 4.28. The first kappa shape index (κ1) is 16.1. The average Bonchev–Trinajstić information content (AvgIpc) is 2.61. The number of carbonyl (C=O) groups is 2. The lowest BCUT2D eigenvalue weighted by Crippen LogP contribution is -2.31. The normalized spacial score (nSPS) is 20.1. The Labute approximate surface area is 139 Å². The number of Topliss-reactive ketones (excluding diaryl/α,β-unsaturated/α-hetero) is 1. The third kappa shape index (κ3) is 2.64. The Morgan fingerprint density at radius 1 is 1.04 bits per heavy atom. The van der Waals surface area contributed by atoms with Gasteiger partial charge in [0.25, 0.3) is 0 Å². The topological polar surface area (TPSA) is 71.1 Å². The molecule has 0 spiro atoms. The molecular formula is C18H18O6. The fourth-order valence-electron chi connectivity index (χ4n) is 2.98. The molecule has 6 nitrogen and oxygen atoms in total. The first-order valence-corrected chi connectivity index (χ1v) is 7.51. The van der Waals surface area contributed by atoms with Crippen molar-refractivity contribution < 1.29 is 28.5 Å². The number of rotatable bonds is 4. The molecular weight excluding hydrogens is 312 g/mol. The summed E-state index contributed by atoms with van der Waals surface area (Å²) in [6.07, 6.45) is 1.93. The van der Waals surface area contributed by atoms with E-state index in [1.54, 1.807) is 7.11 Å². The zero-order chi connectivity index (χ0) is 17.3. The van der Waals surface area contributed by atoms with E-state index in [1.807, 2.05) is 18.2 Å². The molecule has 0 fully saturated rings. The lowest BCUT2D eigenvalue weighted by Gasteiger charge is -2.28. The summed E-state index contributed by atoms with van der Waals surface area (Å²) in [5.41, 5.74) is 1.35. The maximum absolute atomic E-state index is 12.6. The van der Waals surface area contributed by atoms with E-state index in [0.29, 0.717) is 24.4 Å². The summed E-state index contributed by atoms with van der Waals surface area (Å²) in [6, 6.07) is 5.57. The average molecular weight is 330 g/mol. The quantitative estimate of drug-likeness (QED) is 0.785. The molecule has 2 aliphatic rings. The summed E-state index contributed by atoms with van der Waals surface area (Å²) >= 11 is 0. The van der Waals surface area contributed by atoms with E-state index < -0.39 is 0 Å². The molecule has 1 heterocycles. The van der Waals surface area contributed by atoms with Gasteiger partial charge in [0, 0.05) is 17.6 Å². The standard InChI is InChI=1S/C18H18O6/c1-21-12-5-4-10-6-11(9-24-15(10)7-12)13-8-14(19)17(22-2)18(23-3)16(13)20/h4-5,7-8,11H,6,9H2,1-3H3/t11-/m0/s1. The maximum atomic E-state index is 12.6. The predicted octanol–water partition coefficient (Wildman–Crippen LogP) is 1.83. The molecule has 0 saturated carbocycles. The van der Waals surface area contributed by atoms with Gasteiger partial charge in [-0.05, 0) is 24.1 Å². The number of ether oxygens (including phenoxy) is 4. The Morgan fingerprint density at radius 3 is 2.46 bits per heavy atom. The minimum atomic E-state index is -0.371. The molecule has 1 aromatic carbocycles. The van der Waals surface area contributed by atoms with Crippen molar-refractivity contribution in [3.63, 3.8) is 0 Å². The summed E-state index contributed by atoms with van der Waals surface area (Å²) in [6.45, 7) is 0.310. The number of hydrogen-bond donors (Lipinski definition) is 0. The first-order valence-electron chi connectivity index (χ1n) is 7.51. The van der Waals surface area contributed by atoms with Gasteiger partial charge in [0.15, 0.2) is 0 Å². The van der Waals surface area contributed by atoms with Crippen LogP contribution in [0.15, 0.2) is 41.4 Å². The van der Waals surface area contributed by atoms with Crippen LogP contribution in [0.2, 0.25) is 0 Å². The molecule has 0 saturated heterocycles. The van der Waals surface area contributed by atoms with E-state index in [0.717, 1.165) is 11.3 Å². The fraction of sp³-hybridized carbons (Fsp3) is 0.333. The van der Waals surface area contributed by atoms with Gasteiger partial charge in [-0.15, -0.1) is 0 Å². The van der Waals surface area contributed by atoms with Gasteiger partial charge in [0.1, 0.15) is 11.5 Å². The molecule has 6 heteroatoms. The molecule has 126 valence electrons. The molecule has 24 heavy (non-hydrogen) atoms. The number of fused-ring (bicyclic) bond motifs is 1. The van der Waals surface area contributed by atoms with Crippen LogP contribution in [0, 0.1) is 5.92 Å². The number of hydrogen-bond acceptors (Lipinski definition) is 6. The smallest absolute Gasteiger partial charge is 0.228 e. The molecule has 1 aromatic rings. The van der Waals surface area contributed by atoms with Crippen LogP contribution in [0.3, 0.4) is 0 Å². The van der Waals surface area contributed by atoms with Gasteiger partial charge in [-0.25, -0.2) is 0 Å². The van der Waals surface area contributed by atoms with E-state index in [2.05, 4.69) is 0 Å². The summed E-state index contributed by atoms with van der Waals surface area (Å²) < 4.78 is 21.0. The van der Waals surface area contributed by atoms with Crippen LogP contribution < -0.4 is 9.47 Å². The van der Waals surface area contributed by atoms with Gasteiger partial charge in [0.2, 0.25) is 23.1 Å². The Hall–Kier alpha value is -2.76. The maximum Gasteiger partial charge on any atom is 0.228 e. The zero-order valence-electron chi connectivity index (χ0n) is 13.8. The zero-order valence-corrected chi connectivity index (χ0v) is 13.8. The molecule has 0 unspecified atom stereocenters. The molecule has 1 aliphatic heterocycles. The molecule has 3 rings (SSSR count).